The van der Waals surface area contributed by atoms with Gasteiger partial charge in [0.1, 0.15) is 0 Å². The van der Waals surface area contributed by atoms with Crippen molar-refractivity contribution in [1.82, 2.24) is 0 Å². The van der Waals surface area contributed by atoms with Gasteiger partial charge >= 0.3 is 0 Å². The van der Waals surface area contributed by atoms with Crippen molar-refractivity contribution in [2.75, 3.05) is 4.90 Å². The van der Waals surface area contributed by atoms with E-state index in [2.05, 4.69) is 302 Å². The van der Waals surface area contributed by atoms with Crippen molar-refractivity contribution in [3.8, 4) is 66.8 Å². The molecule has 0 saturated heterocycles. The zero-order chi connectivity index (χ0) is 47.8. The van der Waals surface area contributed by atoms with Gasteiger partial charge < -0.3 is 4.90 Å². The van der Waals surface area contributed by atoms with Crippen LogP contribution in [0.2, 0.25) is 0 Å². The number of rotatable bonds is 10. The van der Waals surface area contributed by atoms with Gasteiger partial charge in [0.15, 0.2) is 0 Å². The van der Waals surface area contributed by atoms with Crippen LogP contribution in [0, 0.1) is 0 Å². The molecule has 0 heterocycles. The van der Waals surface area contributed by atoms with Gasteiger partial charge in [-0.2, -0.15) is 0 Å². The molecule has 0 spiro atoms. The molecular formula is C71H49N. The largest absolute Gasteiger partial charge is 0.310 e. The lowest BCUT2D eigenvalue weighted by Crippen LogP contribution is -2.28. The maximum absolute atomic E-state index is 2.45. The highest BCUT2D eigenvalue weighted by atomic mass is 15.1. The predicted molar refractivity (Wildman–Crippen MR) is 303 cm³/mol. The lowest BCUT2D eigenvalue weighted by atomic mass is 9.67. The summed E-state index contributed by atoms with van der Waals surface area (Å²) >= 11 is 0. The van der Waals surface area contributed by atoms with Gasteiger partial charge in [-0.3, -0.25) is 0 Å². The van der Waals surface area contributed by atoms with Gasteiger partial charge in [-0.05, 0) is 137 Å². The Morgan fingerprint density at radius 1 is 0.236 bits per heavy atom. The molecule has 0 atom stereocenters. The molecule has 0 bridgehead atoms. The molecule has 0 amide bonds. The number of para-hydroxylation sites is 1. The second-order valence-corrected chi connectivity index (χ2v) is 18.8. The highest BCUT2D eigenvalue weighted by molar-refractivity contribution is 5.98. The summed E-state index contributed by atoms with van der Waals surface area (Å²) in [7, 11) is 0. The van der Waals surface area contributed by atoms with Crippen LogP contribution in [0.1, 0.15) is 22.3 Å². The summed E-state index contributed by atoms with van der Waals surface area (Å²) in [5.74, 6) is 0. The number of hydrogen-bond acceptors (Lipinski definition) is 1. The average molecular weight is 916 g/mol. The van der Waals surface area contributed by atoms with Gasteiger partial charge in [0.25, 0.3) is 0 Å². The van der Waals surface area contributed by atoms with Crippen LogP contribution in [-0.4, -0.2) is 0 Å². The Kier molecular flexibility index (Phi) is 10.8. The summed E-state index contributed by atoms with van der Waals surface area (Å²) in [4.78, 5) is 2.44. The van der Waals surface area contributed by atoms with Gasteiger partial charge in [-0.25, -0.2) is 0 Å². The van der Waals surface area contributed by atoms with Crippen molar-refractivity contribution in [3.63, 3.8) is 0 Å². The van der Waals surface area contributed by atoms with Gasteiger partial charge in [-0.15, -0.1) is 0 Å². The third kappa shape index (κ3) is 7.34. The number of benzene rings is 12. The molecule has 1 heteroatoms. The van der Waals surface area contributed by atoms with Gasteiger partial charge in [0.05, 0.1) is 11.1 Å². The van der Waals surface area contributed by atoms with Crippen LogP contribution in [0.25, 0.3) is 77.5 Å². The van der Waals surface area contributed by atoms with Gasteiger partial charge in [0, 0.05) is 16.9 Å². The fourth-order valence-corrected chi connectivity index (χ4v) is 11.5. The molecule has 13 rings (SSSR count). The molecule has 1 nitrogen and oxygen atoms in total. The monoisotopic (exact) mass is 915 g/mol. The second-order valence-electron chi connectivity index (χ2n) is 18.8. The Morgan fingerprint density at radius 2 is 0.722 bits per heavy atom. The van der Waals surface area contributed by atoms with E-state index in [9.17, 15) is 0 Å². The summed E-state index contributed by atoms with van der Waals surface area (Å²) in [6.45, 7) is 0. The summed E-state index contributed by atoms with van der Waals surface area (Å²) in [6.07, 6.45) is 0. The molecule has 0 aromatic heterocycles. The summed E-state index contributed by atoms with van der Waals surface area (Å²) < 4.78 is 0. The molecule has 1 aliphatic rings. The molecular weight excluding hydrogens is 867 g/mol. The second kappa shape index (κ2) is 18.2. The Bertz CT molecular complexity index is 3870. The van der Waals surface area contributed by atoms with E-state index in [1.165, 1.54) is 77.5 Å². The maximum Gasteiger partial charge on any atom is 0.0713 e. The van der Waals surface area contributed by atoms with Crippen LogP contribution < -0.4 is 4.90 Å². The number of anilines is 3. The van der Waals surface area contributed by atoms with Crippen LogP contribution in [0.3, 0.4) is 0 Å². The van der Waals surface area contributed by atoms with Crippen molar-refractivity contribution in [1.29, 1.82) is 0 Å². The zero-order valence-corrected chi connectivity index (χ0v) is 39.7. The van der Waals surface area contributed by atoms with Crippen LogP contribution in [0.5, 0.6) is 0 Å². The van der Waals surface area contributed by atoms with Gasteiger partial charge in [0.2, 0.25) is 0 Å². The minimum atomic E-state index is -0.472. The molecule has 0 fully saturated rings. The van der Waals surface area contributed by atoms with E-state index in [1.807, 2.05) is 0 Å². The van der Waals surface area contributed by atoms with Crippen molar-refractivity contribution in [2.45, 2.75) is 5.41 Å². The van der Waals surface area contributed by atoms with E-state index in [-0.39, 0.29) is 0 Å². The Morgan fingerprint density at radius 3 is 1.46 bits per heavy atom. The van der Waals surface area contributed by atoms with E-state index < -0.39 is 5.41 Å². The first-order valence-corrected chi connectivity index (χ1v) is 24.9. The topological polar surface area (TPSA) is 3.24 Å². The van der Waals surface area contributed by atoms with Gasteiger partial charge in [-0.1, -0.05) is 255 Å². The first-order chi connectivity index (χ1) is 35.7. The SMILES string of the molecule is c1ccc(-c2ccccc2-c2cccc(N(c3ccc(-c4ccc5c(c4)C(c4ccccc4)(c4ccccc4)c4ccccc4-5)cc3)c3ccccc3-c3cccc(-c4cccc5ccccc45)c3)c2)cc1. The predicted octanol–water partition coefficient (Wildman–Crippen LogP) is 19.0. The fraction of sp³-hybridized carbons (Fsp3) is 0.0141. The van der Waals surface area contributed by atoms with E-state index in [1.54, 1.807) is 0 Å². The third-order valence-electron chi connectivity index (χ3n) is 14.8. The lowest BCUT2D eigenvalue weighted by Gasteiger charge is -2.34. The lowest BCUT2D eigenvalue weighted by molar-refractivity contribution is 0.769. The Balaban J connectivity index is 0.959. The first-order valence-electron chi connectivity index (χ1n) is 24.9. The Hall–Kier alpha value is -9.30. The normalized spacial score (nSPS) is 12.3. The number of nitrogens with zero attached hydrogens (tertiary/aromatic N) is 1. The summed E-state index contributed by atoms with van der Waals surface area (Å²) in [6, 6.07) is 109. The van der Waals surface area contributed by atoms with Crippen LogP contribution >= 0.6 is 0 Å². The molecule has 72 heavy (non-hydrogen) atoms. The van der Waals surface area contributed by atoms with Crippen LogP contribution in [0.4, 0.5) is 17.1 Å². The van der Waals surface area contributed by atoms with E-state index in [0.717, 1.165) is 39.3 Å². The smallest absolute Gasteiger partial charge is 0.0713 e. The minimum Gasteiger partial charge on any atom is -0.310 e. The fourth-order valence-electron chi connectivity index (χ4n) is 11.5. The number of fused-ring (bicyclic) bond motifs is 4. The summed E-state index contributed by atoms with van der Waals surface area (Å²) in [5, 5.41) is 2.49. The van der Waals surface area contributed by atoms with E-state index in [4.69, 9.17) is 0 Å². The molecule has 0 radical (unpaired) electrons. The third-order valence-corrected chi connectivity index (χ3v) is 14.8. The first kappa shape index (κ1) is 42.8. The highest BCUT2D eigenvalue weighted by Crippen LogP contribution is 2.57. The molecule has 0 saturated carbocycles. The average Bonchev–Trinajstić information content (AvgIpc) is 3.76. The number of hydrogen-bond donors (Lipinski definition) is 0. The molecule has 12 aromatic carbocycles. The van der Waals surface area contributed by atoms with Crippen molar-refractivity contribution in [2.24, 2.45) is 0 Å². The molecule has 0 unspecified atom stereocenters. The van der Waals surface area contributed by atoms with Crippen molar-refractivity contribution < 1.29 is 0 Å². The standard InChI is InChI=1S/C71H49N/c1-4-21-51(22-5-1)61-34-12-13-35-63(61)56-27-19-32-60(48-56)72(70-40-17-15-36-65(70)55-26-18-25-54(47-55)64-38-20-24-52-23-10-11-33-62(52)64)59-44-41-50(42-45-59)53-43-46-67-66-37-14-16-39-68(66)71(69(67)49-53,57-28-6-2-7-29-57)58-30-8-3-9-31-58/h1-49H. The minimum absolute atomic E-state index is 0.472. The maximum atomic E-state index is 2.45. The molecule has 0 aliphatic heterocycles. The molecule has 338 valence electrons. The molecule has 0 N–H and O–H groups in total. The summed E-state index contributed by atoms with van der Waals surface area (Å²) in [5.41, 5.74) is 22.3. The van der Waals surface area contributed by atoms with Crippen LogP contribution in [-0.2, 0) is 5.41 Å². The van der Waals surface area contributed by atoms with Crippen LogP contribution in [0.15, 0.2) is 297 Å². The molecule has 1 aliphatic carbocycles. The van der Waals surface area contributed by atoms with Crippen molar-refractivity contribution >= 4 is 27.8 Å². The zero-order valence-electron chi connectivity index (χ0n) is 39.7. The highest BCUT2D eigenvalue weighted by Gasteiger charge is 2.46. The molecule has 12 aromatic rings. The Labute approximate surface area is 422 Å². The van der Waals surface area contributed by atoms with Crippen molar-refractivity contribution in [3.05, 3.63) is 320 Å². The van der Waals surface area contributed by atoms with E-state index in [0.29, 0.717) is 0 Å². The van der Waals surface area contributed by atoms with E-state index >= 15 is 0 Å². The quantitative estimate of drug-likeness (QED) is 0.132.